The van der Waals surface area contributed by atoms with Crippen LogP contribution in [0.15, 0.2) is 0 Å². The topological polar surface area (TPSA) is 463 Å². The van der Waals surface area contributed by atoms with Crippen LogP contribution in [-0.2, 0) is 158 Å². The Balaban J connectivity index is 0.000000321. The number of piperazine rings is 3. The van der Waals surface area contributed by atoms with Crippen LogP contribution in [0.2, 0.25) is 0 Å². The molecule has 134 heavy (non-hydrogen) atoms. The summed E-state index contributed by atoms with van der Waals surface area (Å²) in [6.45, 7) is 22.6. The van der Waals surface area contributed by atoms with E-state index in [1.54, 1.807) is 77.6 Å². The van der Waals surface area contributed by atoms with Crippen molar-refractivity contribution in [2.24, 2.45) is 71.0 Å². The van der Waals surface area contributed by atoms with E-state index in [4.69, 9.17) is 56.8 Å². The predicted octanol–water partition coefficient (Wildman–Crippen LogP) is 2.66. The monoisotopic (exact) mass is 1890 g/mol. The number of carbonyl (C=O) groups is 12. The van der Waals surface area contributed by atoms with E-state index in [0.29, 0.717) is 160 Å². The Morgan fingerprint density at radius 2 is 0.634 bits per heavy atom. The lowest BCUT2D eigenvalue weighted by molar-refractivity contribution is -0.152. The summed E-state index contributed by atoms with van der Waals surface area (Å²) in [6, 6.07) is -1.34. The van der Waals surface area contributed by atoms with Crippen LogP contribution in [0, 0.1) is 71.0 Å². The number of ketones is 3. The van der Waals surface area contributed by atoms with Gasteiger partial charge in [0.15, 0.2) is 11.6 Å². The summed E-state index contributed by atoms with van der Waals surface area (Å²) >= 11 is 0. The minimum atomic E-state index is -0.584. The van der Waals surface area contributed by atoms with Crippen molar-refractivity contribution in [1.82, 2.24) is 90.3 Å². The first-order valence-corrected chi connectivity index (χ1v) is 48.4. The third kappa shape index (κ3) is 32.2. The van der Waals surface area contributed by atoms with E-state index in [0.717, 1.165) is 106 Å². The second-order valence-electron chi connectivity index (χ2n) is 37.7. The van der Waals surface area contributed by atoms with Crippen molar-refractivity contribution < 1.29 is 114 Å². The molecule has 0 radical (unpaired) electrons. The predicted molar refractivity (Wildman–Crippen MR) is 480 cm³/mol. The van der Waals surface area contributed by atoms with Gasteiger partial charge in [-0.3, -0.25) is 57.9 Å². The van der Waals surface area contributed by atoms with Gasteiger partial charge in [-0.15, -0.1) is 15.3 Å². The van der Waals surface area contributed by atoms with E-state index >= 15 is 0 Å². The molecule has 12 rings (SSSR count). The molecule has 9 aliphatic rings. The van der Waals surface area contributed by atoms with E-state index < -0.39 is 60.6 Å². The molecule has 3 aromatic rings. The molecular formula is C92H146N18O24. The summed E-state index contributed by atoms with van der Waals surface area (Å²) in [4.78, 5) is 165. The number of methoxy groups -OCH3 is 3. The molecule has 6 aliphatic carbocycles. The van der Waals surface area contributed by atoms with Gasteiger partial charge in [0.25, 0.3) is 0 Å². The van der Waals surface area contributed by atoms with E-state index in [2.05, 4.69) is 46.9 Å². The minimum absolute atomic E-state index is 0.00889. The molecule has 3 aliphatic heterocycles. The number of hydrogen-bond donors (Lipinski definition) is 3. The number of nitrogens with one attached hydrogen (secondary N) is 3. The van der Waals surface area contributed by atoms with Gasteiger partial charge in [0.1, 0.15) is 25.6 Å². The number of carbonyl (C=O) groups excluding carboxylic acids is 12. The maximum absolute atomic E-state index is 13.7. The fourth-order valence-electron chi connectivity index (χ4n) is 19.5. The van der Waals surface area contributed by atoms with Crippen LogP contribution in [0.5, 0.6) is 0 Å². The first kappa shape index (κ1) is 105. The van der Waals surface area contributed by atoms with Crippen molar-refractivity contribution >= 4 is 71.3 Å². The molecule has 6 heterocycles. The summed E-state index contributed by atoms with van der Waals surface area (Å²) in [5.41, 5.74) is 6.57. The molecule has 748 valence electrons. The Kier molecular flexibility index (Phi) is 41.9. The zero-order valence-electron chi connectivity index (χ0n) is 80.3. The highest BCUT2D eigenvalue weighted by atomic mass is 16.6. The third-order valence-corrected chi connectivity index (χ3v) is 27.4. The average molecular weight is 1890 g/mol. The van der Waals surface area contributed by atoms with Crippen LogP contribution < -0.4 is 16.0 Å². The Bertz CT molecular complexity index is 4160. The maximum atomic E-state index is 13.7. The smallest absolute Gasteiger partial charge is 0.407 e. The standard InChI is InChI=1S/C61H96N12O16.C31H50N6O8/c1-40(2)58(78)86-36-42-32-70(56(76)15-17-62-60(80)88-38-50-46-7-11-52-54(13-9-48(46)50)72(66-64-52)23-25-84-29-27-82-5)21-19-68(42)34-44(74)31-45(75)35-69-20-22-71(33-43(69)37-87-59(79)41(3)4)57(77)16-18-63-61(81)89-39-51-47-8-12-53-55(14-10-49(47)51)73(67-65-53)24-26-85-30-28-83-6;1-21(2)30(40)44-19-23-18-36(12-11-35(23)17-22(3)38)29(39)9-10-32-31(41)45-20-26-24-5-7-27-28(8-6-25(24)26)37(34-33-27)13-14-43-16-15-42-4/h40-43,46-51H,7-39H2,1-6H3,(H,62,80)(H,63,81);21,23-26H,5-20H2,1-4H3,(H,32,41)/t42?,43?,46-,47+,48+,49-,50-,51+;23?,24-,25+,26-/m.0/s1. The summed E-state index contributed by atoms with van der Waals surface area (Å²) in [5, 5.41) is 34.6. The molecule has 12 atom stereocenters. The molecule has 0 spiro atoms. The molecule has 3 unspecified atom stereocenters. The summed E-state index contributed by atoms with van der Waals surface area (Å²) < 4.78 is 71.3. The van der Waals surface area contributed by atoms with E-state index in [9.17, 15) is 57.5 Å². The quantitative estimate of drug-likeness (QED) is 0.0316. The molecule has 0 bridgehead atoms. The van der Waals surface area contributed by atoms with Crippen LogP contribution in [0.3, 0.4) is 0 Å². The Morgan fingerprint density at radius 1 is 0.351 bits per heavy atom. The molecule has 42 nitrogen and oxygen atoms in total. The molecule has 6 fully saturated rings. The zero-order chi connectivity index (χ0) is 95.7. The summed E-state index contributed by atoms with van der Waals surface area (Å²) in [7, 11) is 4.93. The largest absolute Gasteiger partial charge is 0.464 e. The van der Waals surface area contributed by atoms with Gasteiger partial charge in [-0.25, -0.2) is 28.4 Å². The number of hydrogen-bond acceptors (Lipinski definition) is 33. The SMILES string of the molecule is COCCOCCn1nnc2c1CC[C@@H]1[C@H](CC2)[C@@H]1COC(=O)NCCC(=O)N1CCN(CC(=O)CC(=O)CN2CCN(C(=O)CCNC(=O)OC[C@@H]3[C@@H]4CCc5nnn(CCOCCOC)c5CC[C@@H]43)CC2COC(=O)C(C)C)C(COC(=O)C(C)C)C1.COCCOCCn1nnc2c1CC[C@@H]1[C@H](CC2)[C@@H]1COC(=O)NCCC(=O)N1CCN(CC(C)=O)C(COC(=O)C(C)C)C1. The highest BCUT2D eigenvalue weighted by molar-refractivity contribution is 6.01. The lowest BCUT2D eigenvalue weighted by atomic mass is 10.0. The van der Waals surface area contributed by atoms with Crippen LogP contribution in [0.4, 0.5) is 14.4 Å². The summed E-state index contributed by atoms with van der Waals surface area (Å²) in [6.07, 6.45) is 9.01. The molecule has 0 aromatic carbocycles. The van der Waals surface area contributed by atoms with Gasteiger partial charge in [0, 0.05) is 119 Å². The molecule has 3 N–H and O–H groups in total. The Morgan fingerprint density at radius 3 is 0.910 bits per heavy atom. The number of esters is 3. The Hall–Kier alpha value is -9.30. The van der Waals surface area contributed by atoms with Gasteiger partial charge < -0.3 is 87.5 Å². The number of Topliss-reactive ketones (excluding diaryl/α,β-unsaturated/α-hetero) is 3. The highest BCUT2D eigenvalue weighted by Gasteiger charge is 2.53. The van der Waals surface area contributed by atoms with Crippen molar-refractivity contribution in [3.05, 3.63) is 34.2 Å². The second-order valence-corrected chi connectivity index (χ2v) is 37.7. The summed E-state index contributed by atoms with van der Waals surface area (Å²) in [5.74, 6) is 0.220. The maximum Gasteiger partial charge on any atom is 0.407 e. The molecule has 6 amide bonds. The number of ether oxygens (including phenoxy) is 12. The van der Waals surface area contributed by atoms with Crippen molar-refractivity contribution in [2.45, 2.75) is 189 Å². The van der Waals surface area contributed by atoms with Crippen molar-refractivity contribution in [2.75, 3.05) is 219 Å². The fourth-order valence-corrected chi connectivity index (χ4v) is 19.5. The van der Waals surface area contributed by atoms with Crippen LogP contribution in [0.1, 0.15) is 147 Å². The van der Waals surface area contributed by atoms with Gasteiger partial charge in [0.2, 0.25) is 17.7 Å². The number of rotatable bonds is 50. The van der Waals surface area contributed by atoms with Gasteiger partial charge in [-0.1, -0.05) is 57.2 Å². The highest BCUT2D eigenvalue weighted by Crippen LogP contribution is 2.55. The van der Waals surface area contributed by atoms with E-state index in [1.165, 1.54) is 12.6 Å². The first-order chi connectivity index (χ1) is 64.7. The number of aryl methyl sites for hydroxylation is 3. The number of aromatic nitrogens is 9. The number of fused-ring (bicyclic) bond motifs is 6. The van der Waals surface area contributed by atoms with Crippen LogP contribution in [0.25, 0.3) is 0 Å². The van der Waals surface area contributed by atoms with Gasteiger partial charge in [-0.2, -0.15) is 0 Å². The van der Waals surface area contributed by atoms with Crippen LogP contribution in [-0.4, -0.2) is 382 Å². The van der Waals surface area contributed by atoms with Crippen molar-refractivity contribution in [3.63, 3.8) is 0 Å². The van der Waals surface area contributed by atoms with Gasteiger partial charge >= 0.3 is 36.2 Å². The molecule has 3 saturated heterocycles. The van der Waals surface area contributed by atoms with Gasteiger partial charge in [-0.05, 0) is 137 Å². The Labute approximate surface area is 785 Å². The van der Waals surface area contributed by atoms with E-state index in [1.807, 2.05) is 28.7 Å². The van der Waals surface area contributed by atoms with Crippen molar-refractivity contribution in [3.8, 4) is 0 Å². The molecule has 42 heteroatoms. The molecule has 3 aromatic heterocycles. The minimum Gasteiger partial charge on any atom is -0.464 e. The van der Waals surface area contributed by atoms with Crippen molar-refractivity contribution in [1.29, 1.82) is 0 Å². The fraction of sp³-hybridized carbons (Fsp3) is 0.804. The molecule has 3 saturated carbocycles. The average Bonchev–Trinajstić information content (AvgIpc) is 1.62. The zero-order valence-corrected chi connectivity index (χ0v) is 80.3. The van der Waals surface area contributed by atoms with E-state index in [-0.39, 0.29) is 182 Å². The first-order valence-electron chi connectivity index (χ1n) is 48.4. The number of amides is 6. The number of alkyl carbamates (subject to hydrolysis) is 3. The third-order valence-electron chi connectivity index (χ3n) is 27.4. The molecular weight excluding hydrogens is 1740 g/mol. The lowest BCUT2D eigenvalue weighted by Crippen LogP contribution is -2.58. The normalized spacial score (nSPS) is 23.2. The van der Waals surface area contributed by atoms with Crippen LogP contribution >= 0.6 is 0 Å². The van der Waals surface area contributed by atoms with Gasteiger partial charge in [0.05, 0.1) is 195 Å². The second kappa shape index (κ2) is 53.4. The number of nitrogens with zero attached hydrogens (tertiary/aromatic N) is 15. The lowest BCUT2D eigenvalue weighted by Gasteiger charge is -2.41.